The minimum absolute atomic E-state index is 0.0339. The molecule has 140 valence electrons. The Balaban J connectivity index is 2.25. The number of amides is 1. The molecule has 3 atom stereocenters. The molecular weight excluding hydrogens is 347 g/mol. The molecule has 1 unspecified atom stereocenters. The van der Waals surface area contributed by atoms with Crippen LogP contribution in [0.2, 0.25) is 0 Å². The molecule has 0 aromatic heterocycles. The summed E-state index contributed by atoms with van der Waals surface area (Å²) in [4.78, 5) is 10.9. The van der Waals surface area contributed by atoms with Crippen LogP contribution in [0.1, 0.15) is 51.8 Å². The first kappa shape index (κ1) is 19.8. The summed E-state index contributed by atoms with van der Waals surface area (Å²) in [6.07, 6.45) is -0.502. The minimum Gasteiger partial charge on any atom is -0.598 e. The van der Waals surface area contributed by atoms with Crippen LogP contribution in [-0.2, 0) is 22.5 Å². The van der Waals surface area contributed by atoms with Crippen LogP contribution in [0.15, 0.2) is 12.1 Å². The lowest BCUT2D eigenvalue weighted by Crippen LogP contribution is -2.41. The maximum Gasteiger partial charge on any atom is 0.404 e. The number of carbonyl (C=O) groups excluding carboxylic acids is 1. The molecule has 0 saturated heterocycles. The Hall–Kier alpha value is -1.51. The average Bonchev–Trinajstić information content (AvgIpc) is 2.80. The number of nitrogens with two attached hydrogens (primary N) is 1. The second kappa shape index (κ2) is 7.01. The van der Waals surface area contributed by atoms with Gasteiger partial charge in [-0.05, 0) is 46.8 Å². The van der Waals surface area contributed by atoms with E-state index >= 15 is 0 Å². The summed E-state index contributed by atoms with van der Waals surface area (Å²) in [6.45, 7) is 9.10. The molecule has 8 heteroatoms. The highest BCUT2D eigenvalue weighted by Gasteiger charge is 2.39. The zero-order chi connectivity index (χ0) is 19.0. The highest BCUT2D eigenvalue weighted by Crippen LogP contribution is 2.41. The lowest BCUT2D eigenvalue weighted by molar-refractivity contribution is 0.0313. The maximum absolute atomic E-state index is 14.1. The van der Waals surface area contributed by atoms with Gasteiger partial charge >= 0.3 is 6.09 Å². The summed E-state index contributed by atoms with van der Waals surface area (Å²) in [6, 6.07) is 2.39. The van der Waals surface area contributed by atoms with Gasteiger partial charge in [0.1, 0.15) is 28.5 Å². The Labute approximate surface area is 150 Å². The number of hydrogen-bond acceptors (Lipinski definition) is 5. The molecule has 1 aromatic rings. The molecule has 0 bridgehead atoms. The van der Waals surface area contributed by atoms with E-state index < -0.39 is 33.6 Å². The molecule has 1 heterocycles. The molecule has 1 aromatic carbocycles. The van der Waals surface area contributed by atoms with E-state index in [4.69, 9.17) is 15.2 Å². The molecule has 6 nitrogen and oxygen atoms in total. The van der Waals surface area contributed by atoms with Crippen LogP contribution in [-0.4, -0.2) is 27.6 Å². The van der Waals surface area contributed by atoms with Gasteiger partial charge in [-0.25, -0.2) is 9.18 Å². The number of hydrogen-bond donors (Lipinski definition) is 2. The van der Waals surface area contributed by atoms with Crippen molar-refractivity contribution < 1.29 is 23.2 Å². The molecule has 25 heavy (non-hydrogen) atoms. The molecule has 1 aliphatic heterocycles. The second-order valence-electron chi connectivity index (χ2n) is 7.54. The normalized spacial score (nSPS) is 22.0. The van der Waals surface area contributed by atoms with Crippen molar-refractivity contribution in [2.24, 2.45) is 5.73 Å². The highest BCUT2D eigenvalue weighted by molar-refractivity contribution is 7.90. The lowest BCUT2D eigenvalue weighted by Gasteiger charge is -2.28. The smallest absolute Gasteiger partial charge is 0.404 e. The number of fused-ring (bicyclic) bond motifs is 1. The summed E-state index contributed by atoms with van der Waals surface area (Å²) in [7, 11) is 0. The van der Waals surface area contributed by atoms with E-state index in [1.165, 1.54) is 12.1 Å². The van der Waals surface area contributed by atoms with Crippen LogP contribution < -0.4 is 15.2 Å². The summed E-state index contributed by atoms with van der Waals surface area (Å²) < 4.78 is 39.8. The van der Waals surface area contributed by atoms with Crippen LogP contribution in [0.5, 0.6) is 5.75 Å². The first-order chi connectivity index (χ1) is 11.4. The third-order valence-electron chi connectivity index (χ3n) is 3.90. The lowest BCUT2D eigenvalue weighted by atomic mass is 9.98. The van der Waals surface area contributed by atoms with Gasteiger partial charge in [0.15, 0.2) is 0 Å². The topological polar surface area (TPSA) is 96.6 Å². The van der Waals surface area contributed by atoms with Gasteiger partial charge in [0, 0.05) is 28.9 Å². The van der Waals surface area contributed by atoms with Gasteiger partial charge in [-0.2, -0.15) is 0 Å². The van der Waals surface area contributed by atoms with Crippen LogP contribution in [0.25, 0.3) is 0 Å². The third kappa shape index (κ3) is 4.77. The minimum atomic E-state index is -1.31. The van der Waals surface area contributed by atoms with Crippen molar-refractivity contribution in [2.75, 3.05) is 6.61 Å². The maximum atomic E-state index is 14.1. The highest BCUT2D eigenvalue weighted by atomic mass is 32.2. The molecule has 2 rings (SSSR count). The van der Waals surface area contributed by atoms with Crippen LogP contribution in [0, 0.1) is 5.82 Å². The van der Waals surface area contributed by atoms with Crippen LogP contribution in [0.4, 0.5) is 9.18 Å². The quantitative estimate of drug-likeness (QED) is 0.775. The van der Waals surface area contributed by atoms with E-state index in [9.17, 15) is 13.7 Å². The fourth-order valence-corrected chi connectivity index (χ4v) is 3.44. The summed E-state index contributed by atoms with van der Waals surface area (Å²) in [5.74, 6) is 0.135. The zero-order valence-electron chi connectivity index (χ0n) is 15.1. The molecule has 0 saturated carbocycles. The van der Waals surface area contributed by atoms with Gasteiger partial charge in [0.25, 0.3) is 0 Å². The Kier molecular flexibility index (Phi) is 5.56. The summed E-state index contributed by atoms with van der Waals surface area (Å²) in [5, 5.41) is 0. The molecule has 0 aliphatic carbocycles. The van der Waals surface area contributed by atoms with E-state index in [1.54, 1.807) is 13.8 Å². The number of rotatable bonds is 5. The van der Waals surface area contributed by atoms with Crippen LogP contribution >= 0.6 is 0 Å². The molecule has 3 N–H and O–H groups in total. The SMILES string of the molecule is C[C@@H](N[S@+]([O-])C(C)(C)C)c1cc(F)cc2c1OC(C)(COC(N)=O)C2. The van der Waals surface area contributed by atoms with Gasteiger partial charge in [0.05, 0.1) is 6.04 Å². The Morgan fingerprint density at radius 3 is 2.76 bits per heavy atom. The van der Waals surface area contributed by atoms with Gasteiger partial charge in [0.2, 0.25) is 0 Å². The van der Waals surface area contributed by atoms with Gasteiger partial charge < -0.3 is 19.8 Å². The predicted molar refractivity (Wildman–Crippen MR) is 94.1 cm³/mol. The third-order valence-corrected chi connectivity index (χ3v) is 5.58. The fraction of sp³-hybridized carbons (Fsp3) is 0.588. The summed E-state index contributed by atoms with van der Waals surface area (Å²) >= 11 is -1.31. The Morgan fingerprint density at radius 2 is 2.20 bits per heavy atom. The largest absolute Gasteiger partial charge is 0.598 e. The van der Waals surface area contributed by atoms with Crippen LogP contribution in [0.3, 0.4) is 0 Å². The zero-order valence-corrected chi connectivity index (χ0v) is 16.0. The van der Waals surface area contributed by atoms with Crippen molar-refractivity contribution in [3.63, 3.8) is 0 Å². The Bertz CT molecular complexity index is 665. The number of ether oxygens (including phenoxy) is 2. The first-order valence-corrected chi connectivity index (χ1v) is 9.18. The van der Waals surface area contributed by atoms with Gasteiger partial charge in [-0.15, -0.1) is 4.72 Å². The van der Waals surface area contributed by atoms with Gasteiger partial charge in [-0.1, -0.05) is 0 Å². The molecule has 1 amide bonds. The van der Waals surface area contributed by atoms with E-state index in [0.29, 0.717) is 23.3 Å². The number of primary amides is 1. The van der Waals surface area contributed by atoms with Crippen molar-refractivity contribution in [1.29, 1.82) is 0 Å². The number of nitrogens with one attached hydrogen (secondary N) is 1. The standard InChI is InChI=1S/C17H25FN2O4S/c1-10(20-25(22)16(2,3)4)13-7-12(18)6-11-8-17(5,24-14(11)13)9-23-15(19)21/h6-7,10,20H,8-9H2,1-5H3,(H2,19,21)/t10-,17?,25-/m1/s1. The molecule has 0 radical (unpaired) electrons. The molecular formula is C17H25FN2O4S. The fourth-order valence-electron chi connectivity index (χ4n) is 2.64. The second-order valence-corrected chi connectivity index (χ2v) is 9.54. The average molecular weight is 372 g/mol. The van der Waals surface area contributed by atoms with E-state index in [2.05, 4.69) is 4.72 Å². The number of benzene rings is 1. The van der Waals surface area contributed by atoms with Crippen molar-refractivity contribution >= 4 is 17.5 Å². The monoisotopic (exact) mass is 372 g/mol. The van der Waals surface area contributed by atoms with Crippen molar-refractivity contribution in [1.82, 2.24) is 4.72 Å². The van der Waals surface area contributed by atoms with Crippen molar-refractivity contribution in [2.45, 2.75) is 57.4 Å². The molecule has 0 fully saturated rings. The molecule has 0 spiro atoms. The first-order valence-electron chi connectivity index (χ1n) is 8.03. The molecule has 1 aliphatic rings. The van der Waals surface area contributed by atoms with Crippen molar-refractivity contribution in [3.8, 4) is 5.75 Å². The number of halogens is 1. The predicted octanol–water partition coefficient (Wildman–Crippen LogP) is 2.73. The summed E-state index contributed by atoms with van der Waals surface area (Å²) in [5.41, 5.74) is 5.46. The van der Waals surface area contributed by atoms with Crippen molar-refractivity contribution in [3.05, 3.63) is 29.1 Å². The number of carbonyl (C=O) groups is 1. The van der Waals surface area contributed by atoms with E-state index in [-0.39, 0.29) is 12.6 Å². The van der Waals surface area contributed by atoms with E-state index in [0.717, 1.165) is 0 Å². The van der Waals surface area contributed by atoms with Gasteiger partial charge in [-0.3, -0.25) is 0 Å². The van der Waals surface area contributed by atoms with E-state index in [1.807, 2.05) is 20.8 Å². The Morgan fingerprint density at radius 1 is 1.56 bits per heavy atom.